The van der Waals surface area contributed by atoms with Crippen LogP contribution in [0.25, 0.3) is 22.2 Å². The predicted octanol–water partition coefficient (Wildman–Crippen LogP) is 5.52. The molecule has 1 saturated heterocycles. The molecule has 0 saturated carbocycles. The van der Waals surface area contributed by atoms with Crippen molar-refractivity contribution < 1.29 is 4.79 Å². The maximum Gasteiger partial charge on any atom is 0.254 e. The Labute approximate surface area is 215 Å². The normalized spacial score (nSPS) is 14.6. The third kappa shape index (κ3) is 4.54. The van der Waals surface area contributed by atoms with E-state index >= 15 is 0 Å². The molecular formula is C27H27Cl2N5O. The number of hydrogen-bond donors (Lipinski definition) is 0. The Morgan fingerprint density at radius 2 is 1.66 bits per heavy atom. The van der Waals surface area contributed by atoms with Gasteiger partial charge in [0.05, 0.1) is 22.5 Å². The Morgan fingerprint density at radius 1 is 0.971 bits per heavy atom. The van der Waals surface area contributed by atoms with E-state index < -0.39 is 0 Å². The van der Waals surface area contributed by atoms with Crippen LogP contribution in [0.4, 0.5) is 0 Å². The highest BCUT2D eigenvalue weighted by Crippen LogP contribution is 2.30. The number of benzene rings is 2. The zero-order chi connectivity index (χ0) is 24.7. The molecule has 0 radical (unpaired) electrons. The number of piperazine rings is 1. The van der Waals surface area contributed by atoms with Crippen molar-refractivity contribution in [2.24, 2.45) is 7.05 Å². The molecule has 180 valence electrons. The van der Waals surface area contributed by atoms with E-state index in [0.29, 0.717) is 35.2 Å². The van der Waals surface area contributed by atoms with Gasteiger partial charge in [-0.05, 0) is 38.1 Å². The van der Waals surface area contributed by atoms with Gasteiger partial charge in [0.2, 0.25) is 0 Å². The Balaban J connectivity index is 1.41. The number of carbonyl (C=O) groups is 1. The van der Waals surface area contributed by atoms with Crippen molar-refractivity contribution in [3.8, 4) is 11.3 Å². The van der Waals surface area contributed by atoms with Crippen molar-refractivity contribution in [3.63, 3.8) is 0 Å². The molecule has 0 bridgehead atoms. The monoisotopic (exact) mass is 507 g/mol. The van der Waals surface area contributed by atoms with Gasteiger partial charge in [0.1, 0.15) is 0 Å². The molecule has 0 spiro atoms. The molecule has 8 heteroatoms. The van der Waals surface area contributed by atoms with E-state index in [1.165, 1.54) is 0 Å². The first-order valence-corrected chi connectivity index (χ1v) is 12.4. The molecule has 0 aliphatic carbocycles. The summed E-state index contributed by atoms with van der Waals surface area (Å²) in [5.41, 5.74) is 6.10. The van der Waals surface area contributed by atoms with Crippen LogP contribution in [0.15, 0.2) is 48.5 Å². The number of fused-ring (bicyclic) bond motifs is 1. The van der Waals surface area contributed by atoms with Crippen molar-refractivity contribution >= 4 is 40.0 Å². The average molecular weight is 508 g/mol. The van der Waals surface area contributed by atoms with Gasteiger partial charge in [0.25, 0.3) is 5.91 Å². The van der Waals surface area contributed by atoms with Gasteiger partial charge in [0, 0.05) is 72.0 Å². The van der Waals surface area contributed by atoms with Crippen LogP contribution in [0.1, 0.15) is 27.3 Å². The van der Waals surface area contributed by atoms with Crippen LogP contribution in [0, 0.1) is 13.8 Å². The summed E-state index contributed by atoms with van der Waals surface area (Å²) in [5.74, 6) is 0.0273. The molecule has 0 unspecified atom stereocenters. The molecule has 3 heterocycles. The Morgan fingerprint density at radius 3 is 2.31 bits per heavy atom. The zero-order valence-electron chi connectivity index (χ0n) is 20.1. The summed E-state index contributed by atoms with van der Waals surface area (Å²) >= 11 is 12.7. The lowest BCUT2D eigenvalue weighted by Crippen LogP contribution is -2.48. The number of aromatic nitrogens is 3. The van der Waals surface area contributed by atoms with E-state index in [1.54, 1.807) is 0 Å². The van der Waals surface area contributed by atoms with E-state index in [4.69, 9.17) is 28.2 Å². The second-order valence-electron chi connectivity index (χ2n) is 9.01. The maximum absolute atomic E-state index is 13.8. The van der Waals surface area contributed by atoms with Crippen molar-refractivity contribution in [2.75, 3.05) is 26.2 Å². The largest absolute Gasteiger partial charge is 0.336 e. The summed E-state index contributed by atoms with van der Waals surface area (Å²) in [6, 6.07) is 15.3. The first-order valence-electron chi connectivity index (χ1n) is 11.7. The molecule has 2 aromatic heterocycles. The zero-order valence-corrected chi connectivity index (χ0v) is 21.6. The van der Waals surface area contributed by atoms with Gasteiger partial charge in [-0.1, -0.05) is 47.5 Å². The van der Waals surface area contributed by atoms with Gasteiger partial charge >= 0.3 is 0 Å². The fourth-order valence-corrected chi connectivity index (χ4v) is 5.33. The van der Waals surface area contributed by atoms with Crippen molar-refractivity contribution in [1.82, 2.24) is 24.6 Å². The van der Waals surface area contributed by atoms with Crippen LogP contribution in [0.2, 0.25) is 10.0 Å². The number of hydrogen-bond acceptors (Lipinski definition) is 4. The molecule has 1 fully saturated rings. The standard InChI is InChI=1S/C27H27Cl2N5O/c1-17-26(18(2)32(3)31-17)25-15-20(19-7-4-5-10-24(19)30-25)27(35)34-13-11-33(12-14-34)16-21-22(28)8-6-9-23(21)29/h4-10,15H,11-14,16H2,1-3H3. The number of nitrogens with zero attached hydrogens (tertiary/aromatic N) is 5. The number of amides is 1. The highest BCUT2D eigenvalue weighted by molar-refractivity contribution is 6.36. The molecule has 6 nitrogen and oxygen atoms in total. The third-order valence-electron chi connectivity index (χ3n) is 6.81. The summed E-state index contributed by atoms with van der Waals surface area (Å²) in [6.45, 7) is 7.45. The number of aryl methyl sites for hydroxylation is 2. The summed E-state index contributed by atoms with van der Waals surface area (Å²) in [7, 11) is 1.92. The van der Waals surface area contributed by atoms with Crippen LogP contribution in [-0.4, -0.2) is 56.7 Å². The van der Waals surface area contributed by atoms with Gasteiger partial charge in [-0.3, -0.25) is 14.4 Å². The van der Waals surface area contributed by atoms with Crippen LogP contribution in [0.3, 0.4) is 0 Å². The molecule has 4 aromatic rings. The highest BCUT2D eigenvalue weighted by atomic mass is 35.5. The molecule has 35 heavy (non-hydrogen) atoms. The smallest absolute Gasteiger partial charge is 0.254 e. The Bertz CT molecular complexity index is 1400. The quantitative estimate of drug-likeness (QED) is 0.365. The topological polar surface area (TPSA) is 54.3 Å². The van der Waals surface area contributed by atoms with Gasteiger partial charge in [0.15, 0.2) is 0 Å². The predicted molar refractivity (Wildman–Crippen MR) is 141 cm³/mol. The number of halogens is 2. The summed E-state index contributed by atoms with van der Waals surface area (Å²) in [6.07, 6.45) is 0. The number of carbonyl (C=O) groups excluding carboxylic acids is 1. The summed E-state index contributed by atoms with van der Waals surface area (Å²) < 4.78 is 1.85. The minimum Gasteiger partial charge on any atom is -0.336 e. The van der Waals surface area contributed by atoms with E-state index in [-0.39, 0.29) is 5.91 Å². The minimum absolute atomic E-state index is 0.0273. The fourth-order valence-electron chi connectivity index (χ4n) is 4.81. The van der Waals surface area contributed by atoms with Crippen molar-refractivity contribution in [1.29, 1.82) is 0 Å². The van der Waals surface area contributed by atoms with Crippen LogP contribution in [-0.2, 0) is 13.6 Å². The highest BCUT2D eigenvalue weighted by Gasteiger charge is 2.26. The molecule has 5 rings (SSSR count). The summed E-state index contributed by atoms with van der Waals surface area (Å²) in [5, 5.41) is 6.76. The van der Waals surface area contributed by atoms with Crippen LogP contribution in [0.5, 0.6) is 0 Å². The van der Waals surface area contributed by atoms with Gasteiger partial charge in [-0.25, -0.2) is 4.98 Å². The van der Waals surface area contributed by atoms with Gasteiger partial charge < -0.3 is 4.90 Å². The molecule has 1 aliphatic rings. The average Bonchev–Trinajstić information content (AvgIpc) is 3.11. The van der Waals surface area contributed by atoms with Gasteiger partial charge in [-0.2, -0.15) is 5.10 Å². The molecule has 2 aromatic carbocycles. The minimum atomic E-state index is 0.0273. The van der Waals surface area contributed by atoms with Crippen LogP contribution >= 0.6 is 23.2 Å². The second-order valence-corrected chi connectivity index (χ2v) is 9.82. The summed E-state index contributed by atoms with van der Waals surface area (Å²) in [4.78, 5) is 22.9. The van der Waals surface area contributed by atoms with E-state index in [2.05, 4.69) is 10.00 Å². The van der Waals surface area contributed by atoms with Crippen molar-refractivity contribution in [3.05, 3.63) is 81.1 Å². The van der Waals surface area contributed by atoms with Gasteiger partial charge in [-0.15, -0.1) is 0 Å². The first-order chi connectivity index (χ1) is 16.8. The molecule has 0 N–H and O–H groups in total. The lowest BCUT2D eigenvalue weighted by molar-refractivity contribution is 0.0630. The number of para-hydroxylation sites is 1. The van der Waals surface area contributed by atoms with E-state index in [1.807, 2.05) is 79.0 Å². The third-order valence-corrected chi connectivity index (χ3v) is 7.52. The van der Waals surface area contributed by atoms with E-state index in [9.17, 15) is 4.79 Å². The lowest BCUT2D eigenvalue weighted by atomic mass is 10.0. The lowest BCUT2D eigenvalue weighted by Gasteiger charge is -2.35. The van der Waals surface area contributed by atoms with Crippen LogP contribution < -0.4 is 0 Å². The molecule has 0 atom stereocenters. The van der Waals surface area contributed by atoms with Crippen molar-refractivity contribution in [2.45, 2.75) is 20.4 Å². The first kappa shape index (κ1) is 23.8. The Hall–Kier alpha value is -2.93. The van der Waals surface area contributed by atoms with E-state index in [0.717, 1.165) is 52.2 Å². The number of rotatable bonds is 4. The fraction of sp³-hybridized carbons (Fsp3) is 0.296. The molecular weight excluding hydrogens is 481 g/mol. The Kier molecular flexibility index (Phi) is 6.53. The molecule has 1 aliphatic heterocycles. The molecule has 1 amide bonds. The second kappa shape index (κ2) is 9.61. The maximum atomic E-state index is 13.8. The number of pyridine rings is 1. The SMILES string of the molecule is Cc1nn(C)c(C)c1-c1cc(C(=O)N2CCN(Cc3c(Cl)cccc3Cl)CC2)c2ccccc2n1.